The van der Waals surface area contributed by atoms with Gasteiger partial charge in [0.25, 0.3) is 0 Å². The molecule has 2 aromatic rings. The Labute approximate surface area is 122 Å². The van der Waals surface area contributed by atoms with Gasteiger partial charge in [-0.1, -0.05) is 48.0 Å². The van der Waals surface area contributed by atoms with E-state index >= 15 is 0 Å². The van der Waals surface area contributed by atoms with Crippen molar-refractivity contribution in [1.29, 1.82) is 0 Å². The van der Waals surface area contributed by atoms with Crippen molar-refractivity contribution in [3.05, 3.63) is 70.2 Å². The molecule has 0 radical (unpaired) electrons. The van der Waals surface area contributed by atoms with E-state index in [-0.39, 0.29) is 5.78 Å². The molecule has 0 aromatic heterocycles. The predicted molar refractivity (Wildman–Crippen MR) is 80.6 cm³/mol. The van der Waals surface area contributed by atoms with Crippen molar-refractivity contribution in [1.82, 2.24) is 4.90 Å². The van der Waals surface area contributed by atoms with Crippen LogP contribution in [0, 0.1) is 0 Å². The topological polar surface area (TPSA) is 20.1 Å². The van der Waals surface area contributed by atoms with E-state index in [2.05, 4.69) is 4.90 Å². The van der Waals surface area contributed by atoms with E-state index < -0.39 is 0 Å². The van der Waals surface area contributed by atoms with Crippen molar-refractivity contribution in [3.63, 3.8) is 0 Å². The molecule has 0 unspecified atom stereocenters. The minimum absolute atomic E-state index is 0.116. The minimum atomic E-state index is 0.116. The maximum absolute atomic E-state index is 12.7. The van der Waals surface area contributed by atoms with Gasteiger partial charge < -0.3 is 4.90 Å². The third-order valence-electron chi connectivity index (χ3n) is 3.79. The number of Topliss-reactive ketones (excluding diaryl/α,β-unsaturated/α-hetero) is 1. The van der Waals surface area contributed by atoms with Crippen LogP contribution in [0.25, 0.3) is 11.3 Å². The first kappa shape index (κ1) is 11.7. The normalized spacial score (nSPS) is 16.6. The third-order valence-corrected chi connectivity index (χ3v) is 4.04. The molecule has 0 amide bonds. The lowest BCUT2D eigenvalue weighted by Gasteiger charge is -2.09. The fourth-order valence-electron chi connectivity index (χ4n) is 2.75. The molecule has 1 aliphatic carbocycles. The van der Waals surface area contributed by atoms with Crippen molar-refractivity contribution in [2.24, 2.45) is 0 Å². The number of benzene rings is 2. The van der Waals surface area contributed by atoms with Crippen LogP contribution >= 0.6 is 11.6 Å². The molecule has 1 saturated heterocycles. The van der Waals surface area contributed by atoms with E-state index in [1.807, 2.05) is 48.5 Å². The van der Waals surface area contributed by atoms with Crippen LogP contribution < -0.4 is 0 Å². The van der Waals surface area contributed by atoms with Crippen molar-refractivity contribution >= 4 is 28.7 Å². The number of nitrogens with zero attached hydrogens (tertiary/aromatic N) is 1. The summed E-state index contributed by atoms with van der Waals surface area (Å²) < 4.78 is 0. The van der Waals surface area contributed by atoms with Gasteiger partial charge >= 0.3 is 0 Å². The first-order valence-electron chi connectivity index (χ1n) is 6.65. The van der Waals surface area contributed by atoms with Gasteiger partial charge in [-0.15, -0.1) is 0 Å². The molecule has 0 bridgehead atoms. The fourth-order valence-corrected chi connectivity index (χ4v) is 2.88. The van der Waals surface area contributed by atoms with Crippen LogP contribution in [0.3, 0.4) is 0 Å². The SMILES string of the molecule is O=C1C(c2ccc(Cl)cc2)=C(N2CC2)c2ccccc21. The zero-order valence-electron chi connectivity index (χ0n) is 10.8. The number of rotatable bonds is 2. The standard InChI is InChI=1S/C17H12ClNO/c18-12-7-5-11(6-8-12)15-16(19-9-10-19)13-3-1-2-4-14(13)17(15)20/h1-8H,9-10H2. The second-order valence-corrected chi connectivity index (χ2v) is 5.53. The summed E-state index contributed by atoms with van der Waals surface area (Å²) in [6, 6.07) is 15.4. The molecule has 1 aliphatic heterocycles. The third kappa shape index (κ3) is 1.69. The van der Waals surface area contributed by atoms with E-state index in [9.17, 15) is 4.79 Å². The number of ketones is 1. The molecule has 1 fully saturated rings. The highest BCUT2D eigenvalue weighted by molar-refractivity contribution is 6.39. The smallest absolute Gasteiger partial charge is 0.196 e. The molecule has 0 spiro atoms. The van der Waals surface area contributed by atoms with Crippen molar-refractivity contribution in [2.45, 2.75) is 0 Å². The summed E-state index contributed by atoms with van der Waals surface area (Å²) in [7, 11) is 0. The molecular weight excluding hydrogens is 270 g/mol. The van der Waals surface area contributed by atoms with Crippen molar-refractivity contribution < 1.29 is 4.79 Å². The Bertz CT molecular complexity index is 742. The van der Waals surface area contributed by atoms with E-state index in [0.717, 1.165) is 41.1 Å². The molecule has 0 saturated carbocycles. The van der Waals surface area contributed by atoms with E-state index in [1.54, 1.807) is 0 Å². The molecule has 3 heteroatoms. The molecule has 4 rings (SSSR count). The van der Waals surface area contributed by atoms with Crippen molar-refractivity contribution in [3.8, 4) is 0 Å². The van der Waals surface area contributed by atoms with Crippen LogP contribution in [-0.2, 0) is 0 Å². The molecule has 2 aromatic carbocycles. The number of allylic oxidation sites excluding steroid dienone is 1. The fraction of sp³-hybridized carbons (Fsp3) is 0.118. The van der Waals surface area contributed by atoms with Gasteiger partial charge in [0.1, 0.15) is 0 Å². The quantitative estimate of drug-likeness (QED) is 0.782. The zero-order chi connectivity index (χ0) is 13.7. The van der Waals surface area contributed by atoms with Gasteiger partial charge in [0.2, 0.25) is 0 Å². The van der Waals surface area contributed by atoms with E-state index in [1.165, 1.54) is 0 Å². The lowest BCUT2D eigenvalue weighted by atomic mass is 10.0. The van der Waals surface area contributed by atoms with Gasteiger partial charge in [0.15, 0.2) is 5.78 Å². The zero-order valence-corrected chi connectivity index (χ0v) is 11.5. The Balaban J connectivity index is 1.94. The van der Waals surface area contributed by atoms with Crippen LogP contribution in [0.4, 0.5) is 0 Å². The van der Waals surface area contributed by atoms with Gasteiger partial charge in [-0.25, -0.2) is 0 Å². The summed E-state index contributed by atoms with van der Waals surface area (Å²) in [5, 5.41) is 0.686. The average molecular weight is 282 g/mol. The van der Waals surface area contributed by atoms with Gasteiger partial charge in [-0.2, -0.15) is 0 Å². The molecule has 0 atom stereocenters. The van der Waals surface area contributed by atoms with Crippen LogP contribution in [0.5, 0.6) is 0 Å². The summed E-state index contributed by atoms with van der Waals surface area (Å²) in [6.45, 7) is 2.04. The molecule has 1 heterocycles. The molecule has 98 valence electrons. The predicted octanol–water partition coefficient (Wildman–Crippen LogP) is 3.72. The van der Waals surface area contributed by atoms with Crippen LogP contribution in [-0.4, -0.2) is 23.8 Å². The van der Waals surface area contributed by atoms with Crippen LogP contribution in [0.1, 0.15) is 21.5 Å². The molecule has 2 nitrogen and oxygen atoms in total. The number of carbonyl (C=O) groups excluding carboxylic acids is 1. The molecule has 0 N–H and O–H groups in total. The number of fused-ring (bicyclic) bond motifs is 1. The first-order chi connectivity index (χ1) is 9.75. The largest absolute Gasteiger partial charge is 0.367 e. The second kappa shape index (κ2) is 4.22. The lowest BCUT2D eigenvalue weighted by molar-refractivity contribution is 0.105. The summed E-state index contributed by atoms with van der Waals surface area (Å²) >= 11 is 5.94. The van der Waals surface area contributed by atoms with E-state index in [4.69, 9.17) is 11.6 Å². The maximum atomic E-state index is 12.7. The van der Waals surface area contributed by atoms with Gasteiger partial charge in [0.05, 0.1) is 11.3 Å². The maximum Gasteiger partial charge on any atom is 0.196 e. The number of carbonyl (C=O) groups is 1. The van der Waals surface area contributed by atoms with Crippen LogP contribution in [0.2, 0.25) is 5.02 Å². The number of hydrogen-bond acceptors (Lipinski definition) is 2. The number of halogens is 1. The molecular formula is C17H12ClNO. The second-order valence-electron chi connectivity index (χ2n) is 5.09. The summed E-state index contributed by atoms with van der Waals surface area (Å²) in [6.07, 6.45) is 0. The minimum Gasteiger partial charge on any atom is -0.367 e. The Hall–Kier alpha value is -2.06. The van der Waals surface area contributed by atoms with E-state index in [0.29, 0.717) is 5.02 Å². The van der Waals surface area contributed by atoms with Crippen LogP contribution in [0.15, 0.2) is 48.5 Å². The first-order valence-corrected chi connectivity index (χ1v) is 7.03. The summed E-state index contributed by atoms with van der Waals surface area (Å²) in [5.74, 6) is 0.116. The molecule has 20 heavy (non-hydrogen) atoms. The van der Waals surface area contributed by atoms with Crippen molar-refractivity contribution in [2.75, 3.05) is 13.1 Å². The van der Waals surface area contributed by atoms with Gasteiger partial charge in [-0.3, -0.25) is 4.79 Å². The summed E-state index contributed by atoms with van der Waals surface area (Å²) in [5.41, 5.74) is 4.69. The highest BCUT2D eigenvalue weighted by Gasteiger charge is 2.36. The monoisotopic (exact) mass is 281 g/mol. The Kier molecular flexibility index (Phi) is 2.48. The average Bonchev–Trinajstić information content (AvgIpc) is 3.26. The number of hydrogen-bond donors (Lipinski definition) is 0. The highest BCUT2D eigenvalue weighted by Crippen LogP contribution is 2.42. The Morgan fingerprint density at radius 2 is 1.55 bits per heavy atom. The highest BCUT2D eigenvalue weighted by atomic mass is 35.5. The lowest BCUT2D eigenvalue weighted by Crippen LogP contribution is -1.99. The molecule has 2 aliphatic rings. The Morgan fingerprint density at radius 1 is 0.900 bits per heavy atom. The van der Waals surface area contributed by atoms with Gasteiger partial charge in [-0.05, 0) is 17.7 Å². The summed E-state index contributed by atoms with van der Waals surface area (Å²) in [4.78, 5) is 15.0. The van der Waals surface area contributed by atoms with Gasteiger partial charge in [0, 0.05) is 29.2 Å². The Morgan fingerprint density at radius 3 is 2.20 bits per heavy atom.